The highest BCUT2D eigenvalue weighted by Crippen LogP contribution is 2.34. The van der Waals surface area contributed by atoms with Crippen molar-refractivity contribution in [3.63, 3.8) is 0 Å². The molecule has 1 atom stereocenters. The van der Waals surface area contributed by atoms with Crippen LogP contribution in [0, 0.1) is 5.82 Å². The molecule has 1 heterocycles. The molecule has 0 saturated carbocycles. The summed E-state index contributed by atoms with van der Waals surface area (Å²) in [5, 5.41) is 17.9. The minimum absolute atomic E-state index is 0.0381. The van der Waals surface area contributed by atoms with Gasteiger partial charge in [0.2, 0.25) is 0 Å². The second-order valence-electron chi connectivity index (χ2n) is 6.19. The van der Waals surface area contributed by atoms with Gasteiger partial charge >= 0.3 is 6.03 Å². The average molecular weight is 385 g/mol. The first-order valence-electron chi connectivity index (χ1n) is 8.70. The van der Waals surface area contributed by atoms with Crippen LogP contribution in [0.15, 0.2) is 53.7 Å². The normalized spacial score (nSPS) is 16.2. The van der Waals surface area contributed by atoms with E-state index in [0.717, 1.165) is 0 Å². The zero-order chi connectivity index (χ0) is 20.3. The molecular weight excluding hydrogens is 365 g/mol. The van der Waals surface area contributed by atoms with E-state index in [-0.39, 0.29) is 17.1 Å². The maximum Gasteiger partial charge on any atom is 0.319 e. The van der Waals surface area contributed by atoms with Gasteiger partial charge in [-0.15, -0.1) is 0 Å². The first-order chi connectivity index (χ1) is 13.4. The number of rotatable bonds is 5. The van der Waals surface area contributed by atoms with Gasteiger partial charge in [0.05, 0.1) is 18.2 Å². The molecule has 0 aliphatic carbocycles. The minimum Gasteiger partial charge on any atom is -0.504 e. The second kappa shape index (κ2) is 7.99. The molecule has 0 saturated heterocycles. The van der Waals surface area contributed by atoms with Crippen LogP contribution in [0.3, 0.4) is 0 Å². The molecule has 1 aliphatic heterocycles. The topological polar surface area (TPSA) is 99.7 Å². The van der Waals surface area contributed by atoms with Gasteiger partial charge in [-0.25, -0.2) is 9.18 Å². The molecule has 4 N–H and O–H groups in total. The van der Waals surface area contributed by atoms with E-state index in [0.29, 0.717) is 23.6 Å². The zero-order valence-electron chi connectivity index (χ0n) is 15.4. The molecule has 8 heteroatoms. The SMILES string of the molecule is CCOc1cc([C@H]2NC(=O)NC(C)=C2C(=O)Nc2ccc(F)cc2)ccc1O. The average Bonchev–Trinajstić information content (AvgIpc) is 2.65. The highest BCUT2D eigenvalue weighted by Gasteiger charge is 2.31. The maximum absolute atomic E-state index is 13.1. The summed E-state index contributed by atoms with van der Waals surface area (Å²) in [5.41, 5.74) is 1.67. The van der Waals surface area contributed by atoms with Crippen molar-refractivity contribution < 1.29 is 23.8 Å². The summed E-state index contributed by atoms with van der Waals surface area (Å²) in [7, 11) is 0. The highest BCUT2D eigenvalue weighted by molar-refractivity contribution is 6.06. The van der Waals surface area contributed by atoms with E-state index in [1.807, 2.05) is 0 Å². The van der Waals surface area contributed by atoms with Crippen molar-refractivity contribution in [1.29, 1.82) is 0 Å². The molecule has 0 aromatic heterocycles. The molecule has 2 aromatic rings. The van der Waals surface area contributed by atoms with E-state index in [2.05, 4.69) is 16.0 Å². The van der Waals surface area contributed by atoms with E-state index in [9.17, 15) is 19.1 Å². The number of anilines is 1. The van der Waals surface area contributed by atoms with Crippen LogP contribution in [-0.4, -0.2) is 23.7 Å². The lowest BCUT2D eigenvalue weighted by Gasteiger charge is -2.29. The first-order valence-corrected chi connectivity index (χ1v) is 8.70. The number of allylic oxidation sites excluding steroid dienone is 1. The Hall–Kier alpha value is -3.55. The van der Waals surface area contributed by atoms with Gasteiger partial charge in [-0.1, -0.05) is 6.07 Å². The number of phenolic OH excluding ortho intramolecular Hbond substituents is 1. The Kier molecular flexibility index (Phi) is 5.49. The van der Waals surface area contributed by atoms with Crippen LogP contribution in [0.25, 0.3) is 0 Å². The second-order valence-corrected chi connectivity index (χ2v) is 6.19. The summed E-state index contributed by atoms with van der Waals surface area (Å²) in [6.07, 6.45) is 0. The number of carbonyl (C=O) groups is 2. The smallest absolute Gasteiger partial charge is 0.319 e. The molecule has 0 fully saturated rings. The number of hydrogen-bond acceptors (Lipinski definition) is 4. The predicted octanol–water partition coefficient (Wildman–Crippen LogP) is 3.20. The number of ether oxygens (including phenoxy) is 1. The van der Waals surface area contributed by atoms with Gasteiger partial charge in [0, 0.05) is 11.4 Å². The maximum atomic E-state index is 13.1. The lowest BCUT2D eigenvalue weighted by atomic mass is 9.94. The van der Waals surface area contributed by atoms with Crippen molar-refractivity contribution in [2.45, 2.75) is 19.9 Å². The number of aromatic hydroxyl groups is 1. The Bertz CT molecular complexity index is 941. The fourth-order valence-electron chi connectivity index (χ4n) is 2.96. The van der Waals surface area contributed by atoms with E-state index >= 15 is 0 Å². The number of benzene rings is 2. The number of nitrogens with one attached hydrogen (secondary N) is 3. The number of carbonyl (C=O) groups excluding carboxylic acids is 2. The Morgan fingerprint density at radius 2 is 1.96 bits per heavy atom. The third-order valence-corrected chi connectivity index (χ3v) is 4.23. The van der Waals surface area contributed by atoms with Crippen molar-refractivity contribution in [2.24, 2.45) is 0 Å². The molecule has 0 bridgehead atoms. The molecular formula is C20H20FN3O4. The summed E-state index contributed by atoms with van der Waals surface area (Å²) in [4.78, 5) is 24.9. The molecule has 1 aliphatic rings. The summed E-state index contributed by atoms with van der Waals surface area (Å²) in [6.45, 7) is 3.75. The van der Waals surface area contributed by atoms with Crippen LogP contribution < -0.4 is 20.7 Å². The van der Waals surface area contributed by atoms with Gasteiger partial charge in [-0.05, 0) is 55.8 Å². The van der Waals surface area contributed by atoms with Crippen LogP contribution in [0.2, 0.25) is 0 Å². The van der Waals surface area contributed by atoms with Gasteiger partial charge in [-0.3, -0.25) is 4.79 Å². The summed E-state index contributed by atoms with van der Waals surface area (Å²) in [6, 6.07) is 8.79. The third kappa shape index (κ3) is 4.06. The molecule has 7 nitrogen and oxygen atoms in total. The van der Waals surface area contributed by atoms with Crippen LogP contribution in [-0.2, 0) is 4.79 Å². The number of hydrogen-bond donors (Lipinski definition) is 4. The van der Waals surface area contributed by atoms with E-state index < -0.39 is 23.8 Å². The molecule has 28 heavy (non-hydrogen) atoms. The van der Waals surface area contributed by atoms with E-state index in [4.69, 9.17) is 4.74 Å². The number of phenols is 1. The number of urea groups is 1. The monoisotopic (exact) mass is 385 g/mol. The van der Waals surface area contributed by atoms with Crippen molar-refractivity contribution >= 4 is 17.6 Å². The van der Waals surface area contributed by atoms with Gasteiger partial charge < -0.3 is 25.8 Å². The summed E-state index contributed by atoms with van der Waals surface area (Å²) in [5.74, 6) is -0.648. The van der Waals surface area contributed by atoms with E-state index in [1.54, 1.807) is 26.0 Å². The number of amides is 3. The Balaban J connectivity index is 1.95. The number of halogens is 1. The Morgan fingerprint density at radius 1 is 1.25 bits per heavy atom. The van der Waals surface area contributed by atoms with Crippen LogP contribution in [0.4, 0.5) is 14.9 Å². The van der Waals surface area contributed by atoms with Crippen molar-refractivity contribution in [2.75, 3.05) is 11.9 Å². The standard InChI is InChI=1S/C20H20FN3O4/c1-3-28-16-10-12(4-9-15(16)25)18-17(11(2)22-20(27)24-18)19(26)23-14-7-5-13(21)6-8-14/h4-10,18,25H,3H2,1-2H3,(H,23,26)(H2,22,24,27)/t18-/m1/s1. The third-order valence-electron chi connectivity index (χ3n) is 4.23. The minimum atomic E-state index is -0.756. The molecule has 146 valence electrons. The van der Waals surface area contributed by atoms with Crippen LogP contribution >= 0.6 is 0 Å². The molecule has 2 aromatic carbocycles. The molecule has 3 amide bonds. The van der Waals surface area contributed by atoms with Crippen molar-refractivity contribution in [3.8, 4) is 11.5 Å². The van der Waals surface area contributed by atoms with Gasteiger partial charge in [0.25, 0.3) is 5.91 Å². The van der Waals surface area contributed by atoms with E-state index in [1.165, 1.54) is 30.3 Å². The fourth-order valence-corrected chi connectivity index (χ4v) is 2.96. The Labute approximate surface area is 161 Å². The lowest BCUT2D eigenvalue weighted by Crippen LogP contribution is -2.45. The van der Waals surface area contributed by atoms with Gasteiger partial charge in [0.1, 0.15) is 5.82 Å². The molecule has 3 rings (SSSR count). The molecule has 0 radical (unpaired) electrons. The zero-order valence-corrected chi connectivity index (χ0v) is 15.4. The van der Waals surface area contributed by atoms with Gasteiger partial charge in [-0.2, -0.15) is 0 Å². The first kappa shape index (κ1) is 19.2. The summed E-state index contributed by atoms with van der Waals surface area (Å²) < 4.78 is 18.5. The van der Waals surface area contributed by atoms with Crippen molar-refractivity contribution in [3.05, 3.63) is 65.1 Å². The summed E-state index contributed by atoms with van der Waals surface area (Å²) >= 11 is 0. The van der Waals surface area contributed by atoms with Crippen molar-refractivity contribution in [1.82, 2.24) is 10.6 Å². The van der Waals surface area contributed by atoms with Crippen LogP contribution in [0.5, 0.6) is 11.5 Å². The lowest BCUT2D eigenvalue weighted by molar-refractivity contribution is -0.113. The van der Waals surface area contributed by atoms with Gasteiger partial charge in [0.15, 0.2) is 11.5 Å². The molecule has 0 unspecified atom stereocenters. The molecule has 0 spiro atoms. The van der Waals surface area contributed by atoms with Crippen LogP contribution in [0.1, 0.15) is 25.5 Å². The highest BCUT2D eigenvalue weighted by atomic mass is 19.1. The largest absolute Gasteiger partial charge is 0.504 e. The predicted molar refractivity (Wildman–Crippen MR) is 101 cm³/mol. The fraction of sp³-hybridized carbons (Fsp3) is 0.200. The Morgan fingerprint density at radius 3 is 2.64 bits per heavy atom. The quantitative estimate of drug-likeness (QED) is 0.635.